The van der Waals surface area contributed by atoms with Gasteiger partial charge in [-0.2, -0.15) is 0 Å². The van der Waals surface area contributed by atoms with Crippen LogP contribution in [0.25, 0.3) is 10.8 Å². The van der Waals surface area contributed by atoms with Gasteiger partial charge in [0.2, 0.25) is 0 Å². The maximum Gasteiger partial charge on any atom is 0.173 e. The van der Waals surface area contributed by atoms with Gasteiger partial charge in [0.05, 0.1) is 0 Å². The average molecular weight is 333 g/mol. The zero-order chi connectivity index (χ0) is 16.4. The van der Waals surface area contributed by atoms with Crippen LogP contribution in [0, 0.1) is 0 Å². The monoisotopic (exact) mass is 332 g/mol. The number of aromatic hydroxyl groups is 1. The van der Waals surface area contributed by atoms with Crippen LogP contribution >= 0.6 is 0 Å². The van der Waals surface area contributed by atoms with E-state index in [1.54, 1.807) is 0 Å². The van der Waals surface area contributed by atoms with Crippen LogP contribution in [0.5, 0.6) is 5.75 Å². The van der Waals surface area contributed by atoms with Gasteiger partial charge in [-0.15, -0.1) is 0 Å². The molecule has 120 valence electrons. The van der Waals surface area contributed by atoms with Gasteiger partial charge in [-0.25, -0.2) is 0 Å². The molecule has 0 aromatic heterocycles. The highest BCUT2D eigenvalue weighted by molar-refractivity contribution is 6.84. The van der Waals surface area contributed by atoms with Crippen LogP contribution in [-0.2, 0) is 10.5 Å². The number of aryl methyl sites for hydroxylation is 1. The van der Waals surface area contributed by atoms with Crippen molar-refractivity contribution in [2.75, 3.05) is 0 Å². The maximum atomic E-state index is 10.5. The van der Waals surface area contributed by atoms with E-state index in [1.165, 1.54) is 0 Å². The first-order valence-electron chi connectivity index (χ1n) is 8.08. The quantitative estimate of drug-likeness (QED) is 0.704. The van der Waals surface area contributed by atoms with Crippen molar-refractivity contribution in [1.29, 1.82) is 0 Å². The Morgan fingerprint density at radius 1 is 0.955 bits per heavy atom. The van der Waals surface area contributed by atoms with Crippen LogP contribution in [0.4, 0.5) is 0 Å². The van der Waals surface area contributed by atoms with Gasteiger partial charge >= 0.3 is 0 Å². The molecule has 0 saturated carbocycles. The van der Waals surface area contributed by atoms with E-state index in [-0.39, 0.29) is 0 Å². The van der Waals surface area contributed by atoms with Gasteiger partial charge < -0.3 is 9.22 Å². The fourth-order valence-corrected chi connectivity index (χ4v) is 11.2. The van der Waals surface area contributed by atoms with Crippen LogP contribution in [0.15, 0.2) is 36.4 Å². The normalized spacial score (nSPS) is 12.8. The Labute approximate surface area is 136 Å². The number of rotatable bonds is 6. The Hall–Kier alpha value is -1.11. The Morgan fingerprint density at radius 2 is 1.64 bits per heavy atom. The molecule has 2 nitrogen and oxygen atoms in total. The van der Waals surface area contributed by atoms with Crippen molar-refractivity contribution in [3.05, 3.63) is 42.0 Å². The summed E-state index contributed by atoms with van der Waals surface area (Å²) < 4.78 is 6.38. The van der Waals surface area contributed by atoms with E-state index >= 15 is 0 Å². The van der Waals surface area contributed by atoms with Crippen LogP contribution < -0.4 is 0 Å². The van der Waals surface area contributed by atoms with Gasteiger partial charge in [-0.1, -0.05) is 36.4 Å². The molecular weight excluding hydrogens is 304 g/mol. The third-order valence-electron chi connectivity index (χ3n) is 3.79. The second kappa shape index (κ2) is 6.56. The lowest BCUT2D eigenvalue weighted by Gasteiger charge is -2.31. The summed E-state index contributed by atoms with van der Waals surface area (Å²) >= 11 is 0. The van der Waals surface area contributed by atoms with Gasteiger partial charge in [0, 0.05) is 5.39 Å². The molecular formula is C18H28O2Si2. The summed E-state index contributed by atoms with van der Waals surface area (Å²) in [5.41, 5.74) is 1.05. The number of phenolic OH excluding ortho intramolecular Hbond substituents is 1. The minimum Gasteiger partial charge on any atom is -0.507 e. The molecule has 2 aromatic carbocycles. The minimum absolute atomic E-state index is 0.448. The van der Waals surface area contributed by atoms with Crippen molar-refractivity contribution in [2.24, 2.45) is 0 Å². The predicted molar refractivity (Wildman–Crippen MR) is 101 cm³/mol. The van der Waals surface area contributed by atoms with E-state index in [4.69, 9.17) is 4.12 Å². The number of hydrogen-bond acceptors (Lipinski definition) is 2. The molecule has 0 unspecified atom stereocenters. The number of phenols is 1. The smallest absolute Gasteiger partial charge is 0.173 e. The van der Waals surface area contributed by atoms with E-state index in [9.17, 15) is 5.11 Å². The maximum absolute atomic E-state index is 10.5. The summed E-state index contributed by atoms with van der Waals surface area (Å²) in [4.78, 5) is 0. The highest BCUT2D eigenvalue weighted by Crippen LogP contribution is 2.30. The Bertz CT molecular complexity index is 645. The van der Waals surface area contributed by atoms with Gasteiger partial charge in [0.25, 0.3) is 0 Å². The van der Waals surface area contributed by atoms with Gasteiger partial charge in [-0.05, 0) is 62.6 Å². The van der Waals surface area contributed by atoms with E-state index < -0.39 is 16.6 Å². The summed E-state index contributed by atoms with van der Waals surface area (Å²) in [6.45, 7) is 11.4. The van der Waals surface area contributed by atoms with Crippen molar-refractivity contribution in [2.45, 2.75) is 51.6 Å². The van der Waals surface area contributed by atoms with E-state index in [2.05, 4.69) is 44.9 Å². The third kappa shape index (κ3) is 4.70. The van der Waals surface area contributed by atoms with Crippen molar-refractivity contribution >= 4 is 27.4 Å². The molecule has 0 aliphatic rings. The SMILES string of the molecule is C[Si](C)(C)O[Si](C)(C)CCCc1ccc2ccccc2c1O. The molecule has 0 bridgehead atoms. The molecule has 0 amide bonds. The molecule has 0 aliphatic heterocycles. The molecule has 0 saturated heterocycles. The molecule has 4 heteroatoms. The first-order chi connectivity index (χ1) is 10.2. The zero-order valence-electron chi connectivity index (χ0n) is 14.4. The third-order valence-corrected chi connectivity index (χ3v) is 10.0. The number of fused-ring (bicyclic) bond motifs is 1. The van der Waals surface area contributed by atoms with E-state index in [1.807, 2.05) is 24.3 Å². The molecule has 22 heavy (non-hydrogen) atoms. The molecule has 0 aliphatic carbocycles. The molecule has 0 atom stereocenters. The summed E-state index contributed by atoms with van der Waals surface area (Å²) in [7, 11) is -3.04. The van der Waals surface area contributed by atoms with Crippen molar-refractivity contribution in [3.8, 4) is 5.75 Å². The van der Waals surface area contributed by atoms with E-state index in [0.717, 1.165) is 35.2 Å². The molecule has 2 rings (SSSR count). The lowest BCUT2D eigenvalue weighted by atomic mass is 10.0. The summed E-state index contributed by atoms with van der Waals surface area (Å²) in [6, 6.07) is 13.3. The zero-order valence-corrected chi connectivity index (χ0v) is 16.4. The molecule has 2 aromatic rings. The Balaban J connectivity index is 2.02. The second-order valence-corrected chi connectivity index (χ2v) is 16.7. The van der Waals surface area contributed by atoms with Crippen LogP contribution in [-0.4, -0.2) is 21.7 Å². The highest BCUT2D eigenvalue weighted by atomic mass is 28.4. The summed E-state index contributed by atoms with van der Waals surface area (Å²) in [5.74, 6) is 0.448. The highest BCUT2D eigenvalue weighted by Gasteiger charge is 2.29. The van der Waals surface area contributed by atoms with Crippen molar-refractivity contribution in [3.63, 3.8) is 0 Å². The van der Waals surface area contributed by atoms with Gasteiger partial charge in [0.1, 0.15) is 5.75 Å². The number of benzene rings is 2. The largest absolute Gasteiger partial charge is 0.507 e. The molecule has 0 spiro atoms. The van der Waals surface area contributed by atoms with Crippen molar-refractivity contribution in [1.82, 2.24) is 0 Å². The average Bonchev–Trinajstić information content (AvgIpc) is 2.39. The Kier molecular flexibility index (Phi) is 5.15. The first-order valence-corrected chi connectivity index (χ1v) is 14.6. The van der Waals surface area contributed by atoms with Gasteiger partial charge in [-0.3, -0.25) is 0 Å². The standard InChI is InChI=1S/C18H28O2Si2/c1-21(2,3)20-22(4,5)14-8-10-16-13-12-15-9-6-7-11-17(15)18(16)19/h6-7,9,11-13,19H,8,10,14H2,1-5H3. The van der Waals surface area contributed by atoms with Crippen LogP contribution in [0.1, 0.15) is 12.0 Å². The summed E-state index contributed by atoms with van der Waals surface area (Å²) in [6.07, 6.45) is 2.00. The van der Waals surface area contributed by atoms with Crippen molar-refractivity contribution < 1.29 is 9.22 Å². The fraction of sp³-hybridized carbons (Fsp3) is 0.444. The molecule has 0 radical (unpaired) electrons. The summed E-state index contributed by atoms with van der Waals surface area (Å²) in [5, 5.41) is 12.5. The predicted octanol–water partition coefficient (Wildman–Crippen LogP) is 5.53. The van der Waals surface area contributed by atoms with Crippen LogP contribution in [0.2, 0.25) is 38.8 Å². The molecule has 0 heterocycles. The van der Waals surface area contributed by atoms with Gasteiger partial charge in [0.15, 0.2) is 16.6 Å². The second-order valence-electron chi connectivity index (χ2n) is 7.62. The first kappa shape index (κ1) is 17.3. The fourth-order valence-electron chi connectivity index (χ4n) is 3.09. The van der Waals surface area contributed by atoms with E-state index in [0.29, 0.717) is 5.75 Å². The molecule has 1 N–H and O–H groups in total. The van der Waals surface area contributed by atoms with Crippen LogP contribution in [0.3, 0.4) is 0 Å². The minimum atomic E-state index is -1.58. The Morgan fingerprint density at radius 3 is 2.32 bits per heavy atom. The topological polar surface area (TPSA) is 29.5 Å². The lowest BCUT2D eigenvalue weighted by molar-refractivity contribution is 0.473. The molecule has 0 fully saturated rings. The lowest BCUT2D eigenvalue weighted by Crippen LogP contribution is -2.42. The number of hydrogen-bond donors (Lipinski definition) is 1.